The maximum atomic E-state index is 14.1. The molecule has 0 unspecified atom stereocenters. The molecule has 1 aromatic carbocycles. The Kier molecular flexibility index (Phi) is 10.3. The van der Waals surface area contributed by atoms with E-state index in [2.05, 4.69) is 20.1 Å². The van der Waals surface area contributed by atoms with Gasteiger partial charge in [0.25, 0.3) is 5.56 Å². The molecular weight excluding hydrogens is 574 g/mol. The molecule has 2 aliphatic heterocycles. The number of fused-ring (bicyclic) bond motifs is 1. The van der Waals surface area contributed by atoms with Crippen LogP contribution < -0.4 is 20.3 Å². The second-order valence-electron chi connectivity index (χ2n) is 10.8. The molecule has 12 nitrogen and oxygen atoms in total. The Labute approximate surface area is 256 Å². The molecule has 2 aromatic heterocycles. The van der Waals surface area contributed by atoms with Crippen LogP contribution in [0.15, 0.2) is 29.2 Å². The summed E-state index contributed by atoms with van der Waals surface area (Å²) in [6.45, 7) is 10.8. The van der Waals surface area contributed by atoms with Crippen LogP contribution in [0.4, 0.5) is 5.95 Å². The van der Waals surface area contributed by atoms with Crippen molar-refractivity contribution in [1.29, 1.82) is 0 Å². The third kappa shape index (κ3) is 7.38. The van der Waals surface area contributed by atoms with E-state index in [0.717, 1.165) is 77.4 Å². The zero-order chi connectivity index (χ0) is 30.3. The van der Waals surface area contributed by atoms with E-state index in [1.54, 1.807) is 43.0 Å². The zero-order valence-electron chi connectivity index (χ0n) is 25.1. The van der Waals surface area contributed by atoms with Crippen molar-refractivity contribution in [2.24, 2.45) is 0 Å². The molecule has 0 atom stereocenters. The number of amides is 1. The SMILES string of the molecule is COc1cc(OC)c(Cl)c(-c2cc3cnc(NCCN4CCOCC4)nc3n(CCCN3CCN(C(C)=O)CC3)c2=O)c1. The van der Waals surface area contributed by atoms with E-state index in [1.807, 2.05) is 4.90 Å². The number of carbonyl (C=O) groups is 1. The average molecular weight is 614 g/mol. The van der Waals surface area contributed by atoms with Gasteiger partial charge < -0.3 is 24.4 Å². The van der Waals surface area contributed by atoms with Crippen molar-refractivity contribution in [1.82, 2.24) is 29.2 Å². The first-order chi connectivity index (χ1) is 20.9. The van der Waals surface area contributed by atoms with Crippen LogP contribution in [-0.2, 0) is 16.1 Å². The first-order valence-corrected chi connectivity index (χ1v) is 15.1. The van der Waals surface area contributed by atoms with Gasteiger partial charge >= 0.3 is 0 Å². The second kappa shape index (κ2) is 14.3. The van der Waals surface area contributed by atoms with Gasteiger partial charge in [0.15, 0.2) is 0 Å². The molecule has 0 bridgehead atoms. The van der Waals surface area contributed by atoms with Gasteiger partial charge in [-0.05, 0) is 25.1 Å². The number of ether oxygens (including phenoxy) is 3. The van der Waals surface area contributed by atoms with E-state index in [-0.39, 0.29) is 11.5 Å². The molecule has 1 N–H and O–H groups in total. The van der Waals surface area contributed by atoms with E-state index in [0.29, 0.717) is 52.3 Å². The molecule has 0 saturated carbocycles. The van der Waals surface area contributed by atoms with Gasteiger partial charge in [0.2, 0.25) is 11.9 Å². The van der Waals surface area contributed by atoms with Crippen molar-refractivity contribution >= 4 is 34.5 Å². The molecular formula is C30H40ClN7O5. The number of pyridine rings is 1. The van der Waals surface area contributed by atoms with Gasteiger partial charge in [0, 0.05) is 94.6 Å². The standard InChI is InChI=1S/C30H40ClN7O5/c1-21(39)37-11-9-35(10-12-37)6-4-7-38-28-22(20-33-30(34-28)32-5-8-36-13-15-43-16-14-36)17-25(29(38)40)24-18-23(41-2)19-26(42-3)27(24)31/h17-20H,4-16H2,1-3H3,(H,32,33,34). The summed E-state index contributed by atoms with van der Waals surface area (Å²) in [5.41, 5.74) is 1.29. The lowest BCUT2D eigenvalue weighted by Gasteiger charge is -2.34. The number of hydrogen-bond donors (Lipinski definition) is 1. The van der Waals surface area contributed by atoms with Gasteiger partial charge in [-0.15, -0.1) is 0 Å². The molecule has 43 heavy (non-hydrogen) atoms. The third-order valence-corrected chi connectivity index (χ3v) is 8.46. The smallest absolute Gasteiger partial charge is 0.260 e. The highest BCUT2D eigenvalue weighted by atomic mass is 35.5. The van der Waals surface area contributed by atoms with Gasteiger partial charge in [0.1, 0.15) is 17.1 Å². The number of aryl methyl sites for hydroxylation is 1. The van der Waals surface area contributed by atoms with Crippen molar-refractivity contribution in [2.45, 2.75) is 19.9 Å². The Balaban J connectivity index is 1.43. The number of piperazine rings is 1. The number of rotatable bonds is 11. The Morgan fingerprint density at radius 1 is 0.977 bits per heavy atom. The molecule has 4 heterocycles. The quantitative estimate of drug-likeness (QED) is 0.346. The first kappa shape index (κ1) is 31.0. The zero-order valence-corrected chi connectivity index (χ0v) is 25.9. The molecule has 1 amide bonds. The number of halogens is 1. The highest BCUT2D eigenvalue weighted by Crippen LogP contribution is 2.38. The lowest BCUT2D eigenvalue weighted by molar-refractivity contribution is -0.130. The van der Waals surface area contributed by atoms with E-state index < -0.39 is 0 Å². The summed E-state index contributed by atoms with van der Waals surface area (Å²) >= 11 is 6.72. The van der Waals surface area contributed by atoms with Crippen LogP contribution in [-0.4, -0.2) is 121 Å². The number of nitrogens with one attached hydrogen (secondary N) is 1. The van der Waals surface area contributed by atoms with Crippen LogP contribution in [0.3, 0.4) is 0 Å². The summed E-state index contributed by atoms with van der Waals surface area (Å²) in [7, 11) is 3.09. The summed E-state index contributed by atoms with van der Waals surface area (Å²) in [6.07, 6.45) is 2.47. The molecule has 3 aromatic rings. The number of aromatic nitrogens is 3. The largest absolute Gasteiger partial charge is 0.497 e. The molecule has 232 valence electrons. The molecule has 0 spiro atoms. The second-order valence-corrected chi connectivity index (χ2v) is 11.1. The number of anilines is 1. The summed E-state index contributed by atoms with van der Waals surface area (Å²) in [6, 6.07) is 5.22. The van der Waals surface area contributed by atoms with Crippen molar-refractivity contribution in [2.75, 3.05) is 91.7 Å². The third-order valence-electron chi connectivity index (χ3n) is 8.07. The number of benzene rings is 1. The number of methoxy groups -OCH3 is 2. The fourth-order valence-corrected chi connectivity index (χ4v) is 5.86. The average Bonchev–Trinajstić information content (AvgIpc) is 3.03. The molecule has 5 rings (SSSR count). The van der Waals surface area contributed by atoms with Crippen LogP contribution in [0, 0.1) is 0 Å². The minimum absolute atomic E-state index is 0.108. The van der Waals surface area contributed by atoms with Crippen molar-refractivity contribution in [3.05, 3.63) is 39.8 Å². The normalized spacial score (nSPS) is 16.4. The maximum absolute atomic E-state index is 14.1. The lowest BCUT2D eigenvalue weighted by atomic mass is 10.0. The van der Waals surface area contributed by atoms with Crippen LogP contribution >= 0.6 is 11.6 Å². The summed E-state index contributed by atoms with van der Waals surface area (Å²) < 4.78 is 18.1. The minimum atomic E-state index is -0.205. The highest BCUT2D eigenvalue weighted by molar-refractivity contribution is 6.35. The highest BCUT2D eigenvalue weighted by Gasteiger charge is 2.21. The Bertz CT molecular complexity index is 1490. The van der Waals surface area contributed by atoms with Gasteiger partial charge in [-0.1, -0.05) is 11.6 Å². The maximum Gasteiger partial charge on any atom is 0.260 e. The molecule has 0 aliphatic carbocycles. The Morgan fingerprint density at radius 2 is 1.72 bits per heavy atom. The van der Waals surface area contributed by atoms with Gasteiger partial charge in [-0.25, -0.2) is 4.98 Å². The summed E-state index contributed by atoms with van der Waals surface area (Å²) in [4.78, 5) is 41.7. The predicted molar refractivity (Wildman–Crippen MR) is 166 cm³/mol. The first-order valence-electron chi connectivity index (χ1n) is 14.7. The summed E-state index contributed by atoms with van der Waals surface area (Å²) in [5, 5.41) is 4.38. The van der Waals surface area contributed by atoms with Crippen molar-refractivity contribution < 1.29 is 19.0 Å². The fourth-order valence-electron chi connectivity index (χ4n) is 5.57. The molecule has 2 aliphatic rings. The van der Waals surface area contributed by atoms with E-state index in [9.17, 15) is 9.59 Å². The van der Waals surface area contributed by atoms with Crippen LogP contribution in [0.2, 0.25) is 5.02 Å². The topological polar surface area (TPSA) is 114 Å². The molecule has 2 saturated heterocycles. The Hall–Kier alpha value is -3.45. The van der Waals surface area contributed by atoms with Gasteiger partial charge in [-0.2, -0.15) is 4.98 Å². The van der Waals surface area contributed by atoms with Gasteiger partial charge in [0.05, 0.1) is 32.5 Å². The van der Waals surface area contributed by atoms with Crippen LogP contribution in [0.5, 0.6) is 11.5 Å². The number of hydrogen-bond acceptors (Lipinski definition) is 10. The van der Waals surface area contributed by atoms with Crippen molar-refractivity contribution in [3.8, 4) is 22.6 Å². The Morgan fingerprint density at radius 3 is 2.42 bits per heavy atom. The minimum Gasteiger partial charge on any atom is -0.497 e. The monoisotopic (exact) mass is 613 g/mol. The van der Waals surface area contributed by atoms with E-state index in [4.69, 9.17) is 30.8 Å². The van der Waals surface area contributed by atoms with E-state index in [1.165, 1.54) is 7.11 Å². The summed E-state index contributed by atoms with van der Waals surface area (Å²) in [5.74, 6) is 1.53. The molecule has 2 fully saturated rings. The molecule has 0 radical (unpaired) electrons. The van der Waals surface area contributed by atoms with Crippen LogP contribution in [0.25, 0.3) is 22.2 Å². The van der Waals surface area contributed by atoms with Crippen LogP contribution in [0.1, 0.15) is 13.3 Å². The number of carbonyl (C=O) groups excluding carboxylic acids is 1. The van der Waals surface area contributed by atoms with E-state index >= 15 is 0 Å². The molecule has 13 heteroatoms. The fraction of sp³-hybridized carbons (Fsp3) is 0.533. The van der Waals surface area contributed by atoms with Crippen molar-refractivity contribution in [3.63, 3.8) is 0 Å². The predicted octanol–water partition coefficient (Wildman–Crippen LogP) is 2.43. The van der Waals surface area contributed by atoms with Gasteiger partial charge in [-0.3, -0.25) is 24.0 Å². The number of morpholine rings is 1. The number of nitrogens with zero attached hydrogens (tertiary/aromatic N) is 6. The lowest BCUT2D eigenvalue weighted by Crippen LogP contribution is -2.48.